The minimum absolute atomic E-state index is 0.116. The second kappa shape index (κ2) is 10.2. The van der Waals surface area contributed by atoms with E-state index < -0.39 is 45.3 Å². The lowest BCUT2D eigenvalue weighted by molar-refractivity contribution is -0.146. The van der Waals surface area contributed by atoms with Crippen LogP contribution < -0.4 is 10.1 Å². The predicted molar refractivity (Wildman–Crippen MR) is 165 cm³/mol. The molecule has 1 saturated heterocycles. The number of halogens is 2. The van der Waals surface area contributed by atoms with E-state index >= 15 is 0 Å². The fourth-order valence-corrected chi connectivity index (χ4v) is 8.30. The number of rotatable bonds is 7. The number of likely N-dealkylation sites (tertiary alicyclic amines) is 1. The summed E-state index contributed by atoms with van der Waals surface area (Å²) in [5.74, 6) is -3.02. The summed E-state index contributed by atoms with van der Waals surface area (Å²) in [5.41, 5.74) is 4.10. The first-order chi connectivity index (χ1) is 20.8. The van der Waals surface area contributed by atoms with Gasteiger partial charge in [-0.1, -0.05) is 91.0 Å². The first kappa shape index (κ1) is 27.7. The van der Waals surface area contributed by atoms with E-state index in [-0.39, 0.29) is 6.42 Å². The topological polar surface area (TPSA) is 75.7 Å². The number of nitrogens with zero attached hydrogens (tertiary/aromatic N) is 1. The Kier molecular flexibility index (Phi) is 6.60. The number of ether oxygens (including phenoxy) is 1. The highest BCUT2D eigenvalue weighted by atomic mass is 35.5. The van der Waals surface area contributed by atoms with Gasteiger partial charge in [0.1, 0.15) is 21.5 Å². The van der Waals surface area contributed by atoms with Gasteiger partial charge >= 0.3 is 0 Å². The van der Waals surface area contributed by atoms with Crippen LogP contribution in [-0.2, 0) is 30.6 Å². The summed E-state index contributed by atoms with van der Waals surface area (Å²) in [4.78, 5) is 41.9. The van der Waals surface area contributed by atoms with Crippen LogP contribution in [0.5, 0.6) is 5.75 Å². The Morgan fingerprint density at radius 2 is 1.23 bits per heavy atom. The van der Waals surface area contributed by atoms with Gasteiger partial charge in [0.25, 0.3) is 0 Å². The lowest BCUT2D eigenvalue weighted by Gasteiger charge is -2.54. The Balaban J connectivity index is 1.35. The fourth-order valence-electron chi connectivity index (χ4n) is 7.20. The molecule has 1 heterocycles. The Morgan fingerprint density at radius 1 is 0.767 bits per heavy atom. The molecule has 1 aliphatic heterocycles. The quantitative estimate of drug-likeness (QED) is 0.199. The van der Waals surface area contributed by atoms with Crippen LogP contribution in [0.25, 0.3) is 0 Å². The largest absolute Gasteiger partial charge is 0.492 e. The maximum absolute atomic E-state index is 14.6. The van der Waals surface area contributed by atoms with Crippen LogP contribution in [0.4, 0.5) is 5.69 Å². The maximum atomic E-state index is 14.6. The zero-order valence-corrected chi connectivity index (χ0v) is 24.8. The Morgan fingerprint density at radius 3 is 1.74 bits per heavy atom. The lowest BCUT2D eigenvalue weighted by atomic mass is 9.54. The van der Waals surface area contributed by atoms with Crippen molar-refractivity contribution in [1.29, 1.82) is 0 Å². The number of imide groups is 1. The smallest absolute Gasteiger partial charge is 0.248 e. The van der Waals surface area contributed by atoms with Crippen molar-refractivity contribution in [1.82, 2.24) is 4.90 Å². The number of benzene rings is 4. The fraction of sp³-hybridized carbons (Fsp3) is 0.229. The van der Waals surface area contributed by atoms with Crippen LogP contribution in [0.2, 0.25) is 0 Å². The van der Waals surface area contributed by atoms with Crippen molar-refractivity contribution in [3.8, 4) is 5.75 Å². The third-order valence-corrected chi connectivity index (χ3v) is 10.2. The predicted octanol–water partition coefficient (Wildman–Crippen LogP) is 6.23. The first-order valence-electron chi connectivity index (χ1n) is 14.3. The van der Waals surface area contributed by atoms with Gasteiger partial charge in [-0.15, -0.1) is 23.2 Å². The summed E-state index contributed by atoms with van der Waals surface area (Å²) in [6.07, 6.45) is 0.116. The van der Waals surface area contributed by atoms with Crippen molar-refractivity contribution in [3.05, 3.63) is 131 Å². The molecule has 0 saturated carbocycles. The van der Waals surface area contributed by atoms with Crippen molar-refractivity contribution in [2.75, 3.05) is 11.9 Å². The molecule has 6 nitrogen and oxygen atoms in total. The number of anilines is 1. The molecule has 4 aromatic rings. The number of carbonyl (C=O) groups is 3. The summed E-state index contributed by atoms with van der Waals surface area (Å²) in [5, 5.41) is 2.93. The van der Waals surface area contributed by atoms with Crippen LogP contribution >= 0.6 is 23.2 Å². The molecule has 8 heteroatoms. The van der Waals surface area contributed by atoms with Crippen LogP contribution in [0.15, 0.2) is 103 Å². The normalized spacial score (nSPS) is 25.5. The van der Waals surface area contributed by atoms with E-state index in [0.29, 0.717) is 40.3 Å². The molecule has 3 aliphatic carbocycles. The molecule has 4 aromatic carbocycles. The zero-order valence-electron chi connectivity index (χ0n) is 23.3. The van der Waals surface area contributed by atoms with Crippen molar-refractivity contribution >= 4 is 46.6 Å². The van der Waals surface area contributed by atoms with Crippen molar-refractivity contribution in [2.24, 2.45) is 11.8 Å². The Labute approximate surface area is 259 Å². The molecule has 0 unspecified atom stereocenters. The van der Waals surface area contributed by atoms with Gasteiger partial charge in [0.15, 0.2) is 0 Å². The van der Waals surface area contributed by atoms with E-state index in [4.69, 9.17) is 27.9 Å². The molecule has 2 bridgehead atoms. The van der Waals surface area contributed by atoms with Crippen LogP contribution in [-0.4, -0.2) is 35.3 Å². The van der Waals surface area contributed by atoms with Crippen LogP contribution in [0.1, 0.15) is 34.7 Å². The average Bonchev–Trinajstić information content (AvgIpc) is 3.30. The highest BCUT2D eigenvalue weighted by Crippen LogP contribution is 2.69. The second-order valence-electron chi connectivity index (χ2n) is 11.1. The SMILES string of the molecule is CCOc1ccccc1NC(=O)[C@H](Cc1ccccc1)N1C(=O)[C@H]2[C@H](C1=O)C1(Cl)c3ccccc3C2(Cl)c2ccccc21. The highest BCUT2D eigenvalue weighted by molar-refractivity contribution is 6.36. The maximum Gasteiger partial charge on any atom is 0.248 e. The molecule has 4 aliphatic rings. The van der Waals surface area contributed by atoms with E-state index in [2.05, 4.69) is 5.32 Å². The molecule has 43 heavy (non-hydrogen) atoms. The molecule has 1 fully saturated rings. The molecule has 0 radical (unpaired) electrons. The summed E-state index contributed by atoms with van der Waals surface area (Å²) in [6.45, 7) is 2.26. The van der Waals surface area contributed by atoms with Crippen molar-refractivity contribution in [2.45, 2.75) is 29.1 Å². The molecule has 0 aromatic heterocycles. The van der Waals surface area contributed by atoms with Gasteiger partial charge in [-0.25, -0.2) is 0 Å². The third kappa shape index (κ3) is 3.89. The summed E-state index contributed by atoms with van der Waals surface area (Å²) >= 11 is 15.2. The van der Waals surface area contributed by atoms with Crippen LogP contribution in [0, 0.1) is 11.8 Å². The summed E-state index contributed by atoms with van der Waals surface area (Å²) < 4.78 is 5.72. The number of carbonyl (C=O) groups excluding carboxylic acids is 3. The van der Waals surface area contributed by atoms with Gasteiger partial charge in [0.2, 0.25) is 17.7 Å². The molecule has 216 valence electrons. The first-order valence-corrected chi connectivity index (χ1v) is 15.1. The van der Waals surface area contributed by atoms with E-state index in [9.17, 15) is 14.4 Å². The van der Waals surface area contributed by atoms with Gasteiger partial charge < -0.3 is 10.1 Å². The van der Waals surface area contributed by atoms with Gasteiger partial charge in [-0.2, -0.15) is 0 Å². The number of amides is 3. The van der Waals surface area contributed by atoms with E-state index in [1.54, 1.807) is 18.2 Å². The number of nitrogens with one attached hydrogen (secondary N) is 1. The molecule has 8 rings (SSSR count). The molecular formula is C35H28Cl2N2O4. The molecule has 3 amide bonds. The summed E-state index contributed by atoms with van der Waals surface area (Å²) in [6, 6.07) is 30.2. The molecular weight excluding hydrogens is 583 g/mol. The number of para-hydroxylation sites is 2. The average molecular weight is 612 g/mol. The van der Waals surface area contributed by atoms with Gasteiger partial charge in [0.05, 0.1) is 24.1 Å². The number of hydrogen-bond donors (Lipinski definition) is 1. The van der Waals surface area contributed by atoms with Gasteiger partial charge in [-0.05, 0) is 46.9 Å². The lowest BCUT2D eigenvalue weighted by Crippen LogP contribution is -2.57. The van der Waals surface area contributed by atoms with Gasteiger partial charge in [0, 0.05) is 6.42 Å². The minimum atomic E-state index is -1.33. The van der Waals surface area contributed by atoms with E-state index in [1.807, 2.05) is 91.9 Å². The molecule has 3 atom stereocenters. The van der Waals surface area contributed by atoms with Crippen molar-refractivity contribution in [3.63, 3.8) is 0 Å². The Hall–Kier alpha value is -4.13. The molecule has 1 N–H and O–H groups in total. The highest BCUT2D eigenvalue weighted by Gasteiger charge is 2.73. The van der Waals surface area contributed by atoms with Crippen LogP contribution in [0.3, 0.4) is 0 Å². The van der Waals surface area contributed by atoms with E-state index in [0.717, 1.165) is 10.5 Å². The monoisotopic (exact) mass is 610 g/mol. The third-order valence-electron chi connectivity index (χ3n) is 8.95. The van der Waals surface area contributed by atoms with Gasteiger partial charge in [-0.3, -0.25) is 19.3 Å². The number of hydrogen-bond acceptors (Lipinski definition) is 4. The van der Waals surface area contributed by atoms with E-state index in [1.165, 1.54) is 0 Å². The standard InChI is InChI=1S/C35H28Cl2N2O4/c1-2-43-28-19-11-10-18-26(28)38-31(40)27(20-21-12-4-3-5-13-21)39-32(41)29-30(33(39)42)35(37)23-15-7-6-14-22(23)34(29,36)24-16-8-9-17-25(24)35/h3-19,27,29-30H,2,20H2,1H3,(H,38,40)/t27-,29+,30+,34?,35?/m0/s1. The zero-order chi connectivity index (χ0) is 29.9. The second-order valence-corrected chi connectivity index (χ2v) is 12.3. The Bertz CT molecular complexity index is 1650. The molecule has 0 spiro atoms. The minimum Gasteiger partial charge on any atom is -0.492 e. The summed E-state index contributed by atoms with van der Waals surface area (Å²) in [7, 11) is 0. The van der Waals surface area contributed by atoms with Crippen molar-refractivity contribution < 1.29 is 19.1 Å². The number of alkyl halides is 2.